The molecule has 20 heavy (non-hydrogen) atoms. The molecular formula is C14H12F3N3. The molecule has 1 aromatic carbocycles. The van der Waals surface area contributed by atoms with Crippen molar-refractivity contribution < 1.29 is 13.2 Å². The topological polar surface area (TPSA) is 42.1 Å². The van der Waals surface area contributed by atoms with Gasteiger partial charge < -0.3 is 10.6 Å². The number of nitrogens with zero attached hydrogens (tertiary/aromatic N) is 2. The first-order valence-corrected chi connectivity index (χ1v) is 6.09. The highest BCUT2D eigenvalue weighted by molar-refractivity contribution is 5.53. The number of fused-ring (bicyclic) bond motifs is 1. The van der Waals surface area contributed by atoms with Crippen LogP contribution in [0.5, 0.6) is 0 Å². The van der Waals surface area contributed by atoms with Crippen molar-refractivity contribution >= 4 is 11.5 Å². The molecular weight excluding hydrogens is 267 g/mol. The van der Waals surface area contributed by atoms with Gasteiger partial charge in [0.2, 0.25) is 0 Å². The molecule has 0 fully saturated rings. The summed E-state index contributed by atoms with van der Waals surface area (Å²) in [5.74, 6) is 0.328. The van der Waals surface area contributed by atoms with Crippen LogP contribution in [0.25, 0.3) is 0 Å². The standard InChI is InChI=1S/C14H12F3N3/c15-14(16,17)11-3-4-19-13(6-11)20-7-9-1-2-12(18)5-10(9)8-20/h1-6H,7-8,18H2. The number of benzene rings is 1. The molecule has 0 aliphatic carbocycles. The fraction of sp³-hybridized carbons (Fsp3) is 0.214. The summed E-state index contributed by atoms with van der Waals surface area (Å²) in [5, 5.41) is 0. The van der Waals surface area contributed by atoms with Gasteiger partial charge >= 0.3 is 6.18 Å². The van der Waals surface area contributed by atoms with E-state index in [1.54, 1.807) is 11.0 Å². The van der Waals surface area contributed by atoms with Gasteiger partial charge in [0.15, 0.2) is 0 Å². The Kier molecular flexibility index (Phi) is 2.81. The van der Waals surface area contributed by atoms with Gasteiger partial charge in [0.05, 0.1) is 5.56 Å². The highest BCUT2D eigenvalue weighted by Crippen LogP contribution is 2.33. The number of nitrogens with two attached hydrogens (primary N) is 1. The Labute approximate surface area is 113 Å². The summed E-state index contributed by atoms with van der Waals surface area (Å²) in [7, 11) is 0. The van der Waals surface area contributed by atoms with Crippen molar-refractivity contribution in [3.63, 3.8) is 0 Å². The van der Waals surface area contributed by atoms with Gasteiger partial charge in [-0.25, -0.2) is 4.98 Å². The predicted molar refractivity (Wildman–Crippen MR) is 70.0 cm³/mol. The second-order valence-corrected chi connectivity index (χ2v) is 4.78. The quantitative estimate of drug-likeness (QED) is 0.815. The molecule has 104 valence electrons. The van der Waals surface area contributed by atoms with Crippen molar-refractivity contribution in [2.24, 2.45) is 0 Å². The average molecular weight is 279 g/mol. The average Bonchev–Trinajstić information content (AvgIpc) is 2.81. The maximum absolute atomic E-state index is 12.7. The fourth-order valence-electron chi connectivity index (χ4n) is 2.34. The monoisotopic (exact) mass is 279 g/mol. The number of aromatic nitrogens is 1. The van der Waals surface area contributed by atoms with Gasteiger partial charge in [0, 0.05) is 25.0 Å². The third-order valence-electron chi connectivity index (χ3n) is 3.35. The molecule has 0 saturated carbocycles. The van der Waals surface area contributed by atoms with E-state index in [0.717, 1.165) is 23.3 Å². The highest BCUT2D eigenvalue weighted by atomic mass is 19.4. The minimum atomic E-state index is -4.35. The van der Waals surface area contributed by atoms with Crippen LogP contribution in [-0.4, -0.2) is 4.98 Å². The summed E-state index contributed by atoms with van der Waals surface area (Å²) in [5.41, 5.74) is 7.79. The van der Waals surface area contributed by atoms with Gasteiger partial charge in [0.25, 0.3) is 0 Å². The Morgan fingerprint density at radius 1 is 1.05 bits per heavy atom. The number of nitrogen functional groups attached to an aromatic ring is 1. The van der Waals surface area contributed by atoms with Crippen LogP contribution < -0.4 is 10.6 Å². The smallest absolute Gasteiger partial charge is 0.399 e. The zero-order valence-corrected chi connectivity index (χ0v) is 10.5. The normalized spacial score (nSPS) is 14.4. The lowest BCUT2D eigenvalue weighted by molar-refractivity contribution is -0.137. The molecule has 0 saturated heterocycles. The van der Waals surface area contributed by atoms with E-state index in [2.05, 4.69) is 4.98 Å². The minimum absolute atomic E-state index is 0.328. The molecule has 6 heteroatoms. The lowest BCUT2D eigenvalue weighted by atomic mass is 10.1. The zero-order valence-electron chi connectivity index (χ0n) is 10.5. The first-order chi connectivity index (χ1) is 9.43. The Morgan fingerprint density at radius 3 is 2.55 bits per heavy atom. The third kappa shape index (κ3) is 2.29. The van der Waals surface area contributed by atoms with E-state index in [0.29, 0.717) is 24.6 Å². The molecule has 2 N–H and O–H groups in total. The summed E-state index contributed by atoms with van der Waals surface area (Å²) in [6, 6.07) is 7.60. The van der Waals surface area contributed by atoms with Gasteiger partial charge in [-0.05, 0) is 35.4 Å². The molecule has 2 heterocycles. The van der Waals surface area contributed by atoms with Gasteiger partial charge in [0.1, 0.15) is 5.82 Å². The SMILES string of the molecule is Nc1ccc2c(c1)CN(c1cc(C(F)(F)F)ccn1)C2. The maximum Gasteiger partial charge on any atom is 0.416 e. The van der Waals surface area contributed by atoms with Crippen LogP contribution in [0, 0.1) is 0 Å². The molecule has 0 unspecified atom stereocenters. The molecule has 0 spiro atoms. The summed E-state index contributed by atoms with van der Waals surface area (Å²) in [4.78, 5) is 5.84. The van der Waals surface area contributed by atoms with Crippen LogP contribution in [0.2, 0.25) is 0 Å². The van der Waals surface area contributed by atoms with E-state index in [4.69, 9.17) is 5.73 Å². The Hall–Kier alpha value is -2.24. The van der Waals surface area contributed by atoms with Gasteiger partial charge in [-0.15, -0.1) is 0 Å². The van der Waals surface area contributed by atoms with E-state index in [-0.39, 0.29) is 0 Å². The van der Waals surface area contributed by atoms with Gasteiger partial charge in [-0.3, -0.25) is 0 Å². The third-order valence-corrected chi connectivity index (χ3v) is 3.35. The van der Waals surface area contributed by atoms with Gasteiger partial charge in [-0.1, -0.05) is 6.07 Å². The van der Waals surface area contributed by atoms with E-state index < -0.39 is 11.7 Å². The van der Waals surface area contributed by atoms with Crippen molar-refractivity contribution in [3.8, 4) is 0 Å². The second-order valence-electron chi connectivity index (χ2n) is 4.78. The van der Waals surface area contributed by atoms with Crippen LogP contribution in [0.15, 0.2) is 36.5 Å². The molecule has 0 atom stereocenters. The van der Waals surface area contributed by atoms with Crippen molar-refractivity contribution in [2.75, 3.05) is 10.6 Å². The van der Waals surface area contributed by atoms with Crippen molar-refractivity contribution in [1.29, 1.82) is 0 Å². The summed E-state index contributed by atoms with van der Waals surface area (Å²) < 4.78 is 38.1. The lowest BCUT2D eigenvalue weighted by Gasteiger charge is -2.17. The number of rotatable bonds is 1. The molecule has 0 amide bonds. The first kappa shape index (κ1) is 12.8. The summed E-state index contributed by atoms with van der Waals surface area (Å²) >= 11 is 0. The molecule has 3 rings (SSSR count). The molecule has 1 aliphatic heterocycles. The molecule has 3 nitrogen and oxygen atoms in total. The molecule has 1 aliphatic rings. The predicted octanol–water partition coefficient (Wildman–Crippen LogP) is 3.20. The Bertz CT molecular complexity index is 652. The lowest BCUT2D eigenvalue weighted by Crippen LogP contribution is -2.17. The largest absolute Gasteiger partial charge is 0.416 e. The van der Waals surface area contributed by atoms with E-state index >= 15 is 0 Å². The van der Waals surface area contributed by atoms with Crippen LogP contribution in [0.3, 0.4) is 0 Å². The number of hydrogen-bond donors (Lipinski definition) is 1. The Morgan fingerprint density at radius 2 is 1.80 bits per heavy atom. The number of halogens is 3. The number of pyridine rings is 1. The number of alkyl halides is 3. The summed E-state index contributed by atoms with van der Waals surface area (Å²) in [6.45, 7) is 1.07. The van der Waals surface area contributed by atoms with Crippen LogP contribution in [0.4, 0.5) is 24.7 Å². The van der Waals surface area contributed by atoms with Crippen LogP contribution in [-0.2, 0) is 19.3 Å². The van der Waals surface area contributed by atoms with Crippen molar-refractivity contribution in [1.82, 2.24) is 4.98 Å². The Balaban J connectivity index is 1.89. The molecule has 1 aromatic heterocycles. The highest BCUT2D eigenvalue weighted by Gasteiger charge is 2.31. The van der Waals surface area contributed by atoms with Crippen LogP contribution in [0.1, 0.15) is 16.7 Å². The van der Waals surface area contributed by atoms with E-state index in [1.165, 1.54) is 6.20 Å². The molecule has 0 radical (unpaired) electrons. The van der Waals surface area contributed by atoms with E-state index in [9.17, 15) is 13.2 Å². The second kappa shape index (κ2) is 4.40. The molecule has 2 aromatic rings. The summed E-state index contributed by atoms with van der Waals surface area (Å²) in [6.07, 6.45) is -3.16. The maximum atomic E-state index is 12.7. The zero-order chi connectivity index (χ0) is 14.3. The molecule has 0 bridgehead atoms. The van der Waals surface area contributed by atoms with E-state index in [1.807, 2.05) is 12.1 Å². The van der Waals surface area contributed by atoms with Crippen molar-refractivity contribution in [2.45, 2.75) is 19.3 Å². The van der Waals surface area contributed by atoms with Crippen molar-refractivity contribution in [3.05, 3.63) is 53.2 Å². The first-order valence-electron chi connectivity index (χ1n) is 6.09. The minimum Gasteiger partial charge on any atom is -0.399 e. The van der Waals surface area contributed by atoms with Crippen LogP contribution >= 0.6 is 0 Å². The van der Waals surface area contributed by atoms with Gasteiger partial charge in [-0.2, -0.15) is 13.2 Å². The number of anilines is 2. The number of hydrogen-bond acceptors (Lipinski definition) is 3. The fourth-order valence-corrected chi connectivity index (χ4v) is 2.34.